The molecule has 0 unspecified atom stereocenters. The van der Waals surface area contributed by atoms with Crippen molar-refractivity contribution in [2.24, 2.45) is 0 Å². The summed E-state index contributed by atoms with van der Waals surface area (Å²) in [5.41, 5.74) is 2.51. The lowest BCUT2D eigenvalue weighted by Crippen LogP contribution is -2.34. The van der Waals surface area contributed by atoms with E-state index < -0.39 is 0 Å². The molecule has 8 heteroatoms. The van der Waals surface area contributed by atoms with Crippen LogP contribution in [0.4, 0.5) is 5.69 Å². The standard InChI is InChI=1S/C26H27BrN2O4S/c1-31-16-17-33-24-14-9-20(18-23(24)27)25(30)29-26(34)28-21-10-12-22(13-11-21)32-15-5-8-19-6-3-2-4-7-19/h2-4,6-7,9-14,18H,5,8,15-17H2,1H3,(H2,28,29,30,34). The lowest BCUT2D eigenvalue weighted by atomic mass is 10.1. The molecule has 3 rings (SSSR count). The molecule has 3 aromatic rings. The van der Waals surface area contributed by atoms with Gasteiger partial charge in [0.15, 0.2) is 5.11 Å². The molecule has 0 spiro atoms. The summed E-state index contributed by atoms with van der Waals surface area (Å²) < 4.78 is 17.0. The molecule has 0 radical (unpaired) electrons. The van der Waals surface area contributed by atoms with Gasteiger partial charge in [-0.3, -0.25) is 10.1 Å². The summed E-state index contributed by atoms with van der Waals surface area (Å²) in [6, 6.07) is 22.9. The van der Waals surface area contributed by atoms with E-state index in [4.69, 9.17) is 26.4 Å². The molecule has 0 aliphatic carbocycles. The normalized spacial score (nSPS) is 10.4. The summed E-state index contributed by atoms with van der Waals surface area (Å²) in [7, 11) is 1.61. The molecule has 0 aliphatic rings. The third-order valence-corrected chi connectivity index (χ3v) is 5.62. The van der Waals surface area contributed by atoms with E-state index in [1.807, 2.05) is 42.5 Å². The van der Waals surface area contributed by atoms with Crippen LogP contribution in [0.3, 0.4) is 0 Å². The minimum atomic E-state index is -0.319. The summed E-state index contributed by atoms with van der Waals surface area (Å²) in [6.07, 6.45) is 1.92. The molecule has 0 heterocycles. The van der Waals surface area contributed by atoms with Crippen LogP contribution in [0.15, 0.2) is 77.3 Å². The quantitative estimate of drug-likeness (QED) is 0.242. The van der Waals surface area contributed by atoms with Crippen molar-refractivity contribution < 1.29 is 19.0 Å². The second kappa shape index (κ2) is 13.7. The number of nitrogens with one attached hydrogen (secondary N) is 2. The Balaban J connectivity index is 1.42. The molecule has 34 heavy (non-hydrogen) atoms. The number of carbonyl (C=O) groups is 1. The van der Waals surface area contributed by atoms with E-state index in [0.717, 1.165) is 24.3 Å². The topological polar surface area (TPSA) is 68.8 Å². The van der Waals surface area contributed by atoms with Crippen molar-refractivity contribution in [3.63, 3.8) is 0 Å². The fraction of sp³-hybridized carbons (Fsp3) is 0.231. The van der Waals surface area contributed by atoms with Gasteiger partial charge in [-0.1, -0.05) is 30.3 Å². The van der Waals surface area contributed by atoms with Crippen LogP contribution in [-0.4, -0.2) is 38.0 Å². The number of hydrogen-bond acceptors (Lipinski definition) is 5. The molecule has 0 atom stereocenters. The first-order valence-electron chi connectivity index (χ1n) is 10.9. The molecular weight excluding hydrogens is 516 g/mol. The molecule has 2 N–H and O–H groups in total. The molecule has 178 valence electrons. The van der Waals surface area contributed by atoms with Gasteiger partial charge in [0.25, 0.3) is 5.91 Å². The maximum absolute atomic E-state index is 12.5. The van der Waals surface area contributed by atoms with Crippen LogP contribution in [0.1, 0.15) is 22.3 Å². The first kappa shape index (κ1) is 25.7. The van der Waals surface area contributed by atoms with Crippen molar-refractivity contribution in [2.75, 3.05) is 32.2 Å². The van der Waals surface area contributed by atoms with Gasteiger partial charge in [0.1, 0.15) is 18.1 Å². The third kappa shape index (κ3) is 8.44. The van der Waals surface area contributed by atoms with Gasteiger partial charge >= 0.3 is 0 Å². The molecule has 6 nitrogen and oxygen atoms in total. The highest BCUT2D eigenvalue weighted by Gasteiger charge is 2.11. The van der Waals surface area contributed by atoms with Crippen LogP contribution in [0.2, 0.25) is 0 Å². The Hall–Kier alpha value is -2.94. The van der Waals surface area contributed by atoms with Crippen LogP contribution in [0.5, 0.6) is 11.5 Å². The van der Waals surface area contributed by atoms with Crippen LogP contribution in [0.25, 0.3) is 0 Å². The van der Waals surface area contributed by atoms with E-state index >= 15 is 0 Å². The molecule has 1 amide bonds. The van der Waals surface area contributed by atoms with E-state index in [9.17, 15) is 4.79 Å². The van der Waals surface area contributed by atoms with Gasteiger partial charge in [-0.15, -0.1) is 0 Å². The number of anilines is 1. The smallest absolute Gasteiger partial charge is 0.257 e. The molecule has 0 saturated heterocycles. The predicted octanol–water partition coefficient (Wildman–Crippen LogP) is 5.61. The number of methoxy groups -OCH3 is 1. The predicted molar refractivity (Wildman–Crippen MR) is 142 cm³/mol. The summed E-state index contributed by atoms with van der Waals surface area (Å²) in [5, 5.41) is 5.90. The van der Waals surface area contributed by atoms with Crippen molar-refractivity contribution in [3.05, 3.63) is 88.4 Å². The lowest BCUT2D eigenvalue weighted by molar-refractivity contribution is 0.0977. The number of thiocarbonyl (C=S) groups is 1. The average Bonchev–Trinajstić information content (AvgIpc) is 2.84. The van der Waals surface area contributed by atoms with Gasteiger partial charge in [-0.2, -0.15) is 0 Å². The Kier molecular flexibility index (Phi) is 10.3. The number of aryl methyl sites for hydroxylation is 1. The number of amides is 1. The van der Waals surface area contributed by atoms with Crippen LogP contribution in [-0.2, 0) is 11.2 Å². The monoisotopic (exact) mass is 542 g/mol. The largest absolute Gasteiger partial charge is 0.494 e. The number of ether oxygens (including phenoxy) is 3. The number of rotatable bonds is 11. The molecule has 0 bridgehead atoms. The fourth-order valence-electron chi connectivity index (χ4n) is 3.08. The van der Waals surface area contributed by atoms with Gasteiger partial charge in [0.05, 0.1) is 17.7 Å². The SMILES string of the molecule is COCCOc1ccc(C(=O)NC(=S)Nc2ccc(OCCCc3ccccc3)cc2)cc1Br. The van der Waals surface area contributed by atoms with Gasteiger partial charge in [0.2, 0.25) is 0 Å². The maximum atomic E-state index is 12.5. The molecule has 0 aromatic heterocycles. The van der Waals surface area contributed by atoms with Gasteiger partial charge < -0.3 is 19.5 Å². The summed E-state index contributed by atoms with van der Waals surface area (Å²) in [5.74, 6) is 1.10. The minimum absolute atomic E-state index is 0.207. The number of benzene rings is 3. The fourth-order valence-corrected chi connectivity index (χ4v) is 3.78. The first-order valence-corrected chi connectivity index (χ1v) is 12.1. The Labute approximate surface area is 213 Å². The van der Waals surface area contributed by atoms with E-state index in [2.05, 4.69) is 38.7 Å². The zero-order valence-electron chi connectivity index (χ0n) is 18.9. The molecule has 0 saturated carbocycles. The molecule has 3 aromatic carbocycles. The zero-order chi connectivity index (χ0) is 24.2. The average molecular weight is 543 g/mol. The minimum Gasteiger partial charge on any atom is -0.494 e. The van der Waals surface area contributed by atoms with Gasteiger partial charge in [-0.05, 0) is 89.0 Å². The maximum Gasteiger partial charge on any atom is 0.257 e. The second-order valence-corrected chi connectivity index (χ2v) is 8.62. The van der Waals surface area contributed by atoms with Crippen LogP contribution in [0, 0.1) is 0 Å². The highest BCUT2D eigenvalue weighted by molar-refractivity contribution is 9.10. The van der Waals surface area contributed by atoms with Gasteiger partial charge in [-0.25, -0.2) is 0 Å². The Morgan fingerprint density at radius 2 is 1.71 bits per heavy atom. The van der Waals surface area contributed by atoms with E-state index in [0.29, 0.717) is 35.6 Å². The summed E-state index contributed by atoms with van der Waals surface area (Å²) in [4.78, 5) is 12.5. The summed E-state index contributed by atoms with van der Waals surface area (Å²) >= 11 is 8.70. The van der Waals surface area contributed by atoms with Crippen molar-refractivity contribution in [3.8, 4) is 11.5 Å². The zero-order valence-corrected chi connectivity index (χ0v) is 21.3. The van der Waals surface area contributed by atoms with Crippen molar-refractivity contribution >= 4 is 44.9 Å². The van der Waals surface area contributed by atoms with E-state index in [-0.39, 0.29) is 11.0 Å². The van der Waals surface area contributed by atoms with Crippen LogP contribution < -0.4 is 20.1 Å². The Bertz CT molecular complexity index is 1080. The highest BCUT2D eigenvalue weighted by Crippen LogP contribution is 2.26. The van der Waals surface area contributed by atoms with Gasteiger partial charge in [0, 0.05) is 18.4 Å². The number of carbonyl (C=O) groups excluding carboxylic acids is 1. The van der Waals surface area contributed by atoms with E-state index in [1.165, 1.54) is 5.56 Å². The Morgan fingerprint density at radius 3 is 2.41 bits per heavy atom. The van der Waals surface area contributed by atoms with Crippen molar-refractivity contribution in [1.29, 1.82) is 0 Å². The third-order valence-electron chi connectivity index (χ3n) is 4.80. The molecule has 0 aliphatic heterocycles. The number of hydrogen-bond donors (Lipinski definition) is 2. The van der Waals surface area contributed by atoms with Crippen molar-refractivity contribution in [2.45, 2.75) is 12.8 Å². The van der Waals surface area contributed by atoms with E-state index in [1.54, 1.807) is 25.3 Å². The molecule has 0 fully saturated rings. The van der Waals surface area contributed by atoms with Crippen molar-refractivity contribution in [1.82, 2.24) is 5.32 Å². The lowest BCUT2D eigenvalue weighted by Gasteiger charge is -2.12. The summed E-state index contributed by atoms with van der Waals surface area (Å²) in [6.45, 7) is 1.55. The Morgan fingerprint density at radius 1 is 0.941 bits per heavy atom. The first-order chi connectivity index (χ1) is 16.5. The van der Waals surface area contributed by atoms with Crippen LogP contribution >= 0.6 is 28.1 Å². The second-order valence-electron chi connectivity index (χ2n) is 7.36. The molecular formula is C26H27BrN2O4S. The highest BCUT2D eigenvalue weighted by atomic mass is 79.9. The number of halogens is 1.